The van der Waals surface area contributed by atoms with E-state index in [2.05, 4.69) is 24.9 Å². The van der Waals surface area contributed by atoms with Crippen LogP contribution >= 0.6 is 15.6 Å². The van der Waals surface area contributed by atoms with Crippen LogP contribution < -0.4 is 26.8 Å². The van der Waals surface area contributed by atoms with Crippen molar-refractivity contribution in [1.29, 1.82) is 0 Å². The van der Waals surface area contributed by atoms with Crippen LogP contribution in [0, 0.1) is 0 Å². The van der Waals surface area contributed by atoms with E-state index >= 15 is 0 Å². The van der Waals surface area contributed by atoms with Gasteiger partial charge in [0, 0.05) is 6.20 Å². The molecule has 0 radical (unpaired) electrons. The summed E-state index contributed by atoms with van der Waals surface area (Å²) < 4.78 is 60.3. The normalized spacial score (nSPS) is 37.7. The van der Waals surface area contributed by atoms with Crippen LogP contribution in [0.4, 0.5) is 11.8 Å². The maximum absolute atomic E-state index is 13.1. The second-order valence-electron chi connectivity index (χ2n) is 10.2. The van der Waals surface area contributed by atoms with Gasteiger partial charge in [0.05, 0.1) is 24.9 Å². The van der Waals surface area contributed by atoms with E-state index in [0.717, 1.165) is 10.9 Å². The number of nitrogens with two attached hydrogens (primary N) is 2. The van der Waals surface area contributed by atoms with Gasteiger partial charge in [-0.2, -0.15) is 4.98 Å². The standard InChI is InChI=1S/C21H25N9O13P2/c22-15-7-1-2-29(16(7)25-5-24-15)19-12(32)13-9(41-19)4-39-45(36,37)43-14-11(31)8(3-38-44(34,35)42-13)40-20(14)30-6-26-10-17(30)27-21(23)28-18(10)33/h1-2,5-6,8-9,11-14,19-20,31-32H,3-4H2,(H,34,35)(H,36,37)(H2,22,24,25)(H3,23,27,28,33)/p-2/t8-,9-,11-,12-,13-,14-,19-,20-/m1/s1. The van der Waals surface area contributed by atoms with Crippen molar-refractivity contribution in [2.75, 3.05) is 24.7 Å². The lowest BCUT2D eigenvalue weighted by Crippen LogP contribution is -2.37. The Morgan fingerprint density at radius 2 is 1.60 bits per heavy atom. The number of H-pyrrole nitrogens is 1. The van der Waals surface area contributed by atoms with E-state index in [4.69, 9.17) is 39.0 Å². The van der Waals surface area contributed by atoms with Crippen molar-refractivity contribution >= 4 is 49.6 Å². The van der Waals surface area contributed by atoms with Crippen molar-refractivity contribution in [3.63, 3.8) is 0 Å². The summed E-state index contributed by atoms with van der Waals surface area (Å²) in [5.41, 5.74) is 10.7. The molecule has 7 N–H and O–H groups in total. The second kappa shape index (κ2) is 10.9. The minimum Gasteiger partial charge on any atom is -0.756 e. The fraction of sp³-hybridized carbons (Fsp3) is 0.476. The van der Waals surface area contributed by atoms with Gasteiger partial charge in [0.25, 0.3) is 21.2 Å². The molecule has 242 valence electrons. The summed E-state index contributed by atoms with van der Waals surface area (Å²) in [4.78, 5) is 56.5. The zero-order valence-corrected chi connectivity index (χ0v) is 24.2. The van der Waals surface area contributed by atoms with Crippen molar-refractivity contribution < 1.29 is 56.7 Å². The number of rotatable bonds is 2. The van der Waals surface area contributed by atoms with Crippen LogP contribution in [0.2, 0.25) is 0 Å². The van der Waals surface area contributed by atoms with Crippen LogP contribution in [0.3, 0.4) is 0 Å². The number of nitrogens with zero attached hydrogens (tertiary/aromatic N) is 6. The Kier molecular flexibility index (Phi) is 7.32. The number of aliphatic hydroxyl groups excluding tert-OH is 2. The van der Waals surface area contributed by atoms with Crippen LogP contribution in [0.5, 0.6) is 0 Å². The molecule has 22 nitrogen and oxygen atoms in total. The Morgan fingerprint density at radius 1 is 0.911 bits per heavy atom. The predicted octanol–water partition coefficient (Wildman–Crippen LogP) is -3.00. The molecule has 3 aliphatic heterocycles. The van der Waals surface area contributed by atoms with Crippen molar-refractivity contribution in [3.05, 3.63) is 35.3 Å². The van der Waals surface area contributed by atoms with Crippen LogP contribution in [0.25, 0.3) is 22.2 Å². The lowest BCUT2D eigenvalue weighted by atomic mass is 10.1. The molecular weight excluding hydrogens is 648 g/mol. The highest BCUT2D eigenvalue weighted by Crippen LogP contribution is 2.51. The Labute approximate surface area is 249 Å². The van der Waals surface area contributed by atoms with E-state index < -0.39 is 83.5 Å². The molecular formula is C21H23N9O13P2-2. The molecule has 45 heavy (non-hydrogen) atoms. The van der Waals surface area contributed by atoms with E-state index in [0.29, 0.717) is 5.39 Å². The number of hydrogen-bond donors (Lipinski definition) is 5. The topological polar surface area (TPSA) is 322 Å². The summed E-state index contributed by atoms with van der Waals surface area (Å²) in [5, 5.41) is 22.5. The molecule has 24 heteroatoms. The van der Waals surface area contributed by atoms with Gasteiger partial charge < -0.3 is 63.6 Å². The molecule has 7 heterocycles. The molecule has 0 amide bonds. The van der Waals surface area contributed by atoms with Gasteiger partial charge in [0.1, 0.15) is 54.4 Å². The molecule has 0 spiro atoms. The highest BCUT2D eigenvalue weighted by molar-refractivity contribution is 7.46. The van der Waals surface area contributed by atoms with Crippen LogP contribution in [0.1, 0.15) is 12.5 Å². The van der Waals surface area contributed by atoms with Crippen molar-refractivity contribution in [2.45, 2.75) is 49.1 Å². The van der Waals surface area contributed by atoms with Gasteiger partial charge in [-0.3, -0.25) is 23.5 Å². The average Bonchev–Trinajstić information content (AvgIpc) is 3.72. The number of hydrogen-bond acceptors (Lipinski definition) is 19. The first-order chi connectivity index (χ1) is 21.3. The maximum Gasteiger partial charge on any atom is 0.280 e. The average molecular weight is 671 g/mol. The van der Waals surface area contributed by atoms with E-state index in [1.54, 1.807) is 0 Å². The number of anilines is 2. The largest absolute Gasteiger partial charge is 0.756 e. The molecule has 3 saturated heterocycles. The number of phosphoric ester groups is 2. The maximum atomic E-state index is 13.1. The third-order valence-electron chi connectivity index (χ3n) is 7.46. The molecule has 7 rings (SSSR count). The molecule has 0 aliphatic carbocycles. The Bertz CT molecular complexity index is 1930. The van der Waals surface area contributed by atoms with Crippen molar-refractivity contribution in [2.24, 2.45) is 0 Å². The first-order valence-corrected chi connectivity index (χ1v) is 16.0. The third kappa shape index (κ3) is 5.33. The Balaban J connectivity index is 1.21. The quantitative estimate of drug-likeness (QED) is 0.133. The van der Waals surface area contributed by atoms with Gasteiger partial charge in [-0.05, 0) is 6.07 Å². The highest BCUT2D eigenvalue weighted by Gasteiger charge is 2.51. The zero-order chi connectivity index (χ0) is 31.8. The van der Waals surface area contributed by atoms with Crippen molar-refractivity contribution in [3.8, 4) is 0 Å². The van der Waals surface area contributed by atoms with Gasteiger partial charge in [-0.1, -0.05) is 0 Å². The van der Waals surface area contributed by atoms with E-state index in [-0.39, 0.29) is 28.6 Å². The summed E-state index contributed by atoms with van der Waals surface area (Å²) in [6.07, 6.45) is -9.36. The smallest absolute Gasteiger partial charge is 0.280 e. The molecule has 2 bridgehead atoms. The summed E-state index contributed by atoms with van der Waals surface area (Å²) >= 11 is 0. The van der Waals surface area contributed by atoms with Crippen LogP contribution in [-0.4, -0.2) is 94.1 Å². The molecule has 0 aromatic carbocycles. The number of phosphoric acid groups is 2. The highest BCUT2D eigenvalue weighted by atomic mass is 31.2. The lowest BCUT2D eigenvalue weighted by Gasteiger charge is -2.32. The summed E-state index contributed by atoms with van der Waals surface area (Å²) in [5.74, 6) is -0.174. The molecule has 2 unspecified atom stereocenters. The van der Waals surface area contributed by atoms with Gasteiger partial charge in [-0.15, -0.1) is 0 Å². The molecule has 0 saturated carbocycles. The molecule has 4 aromatic rings. The Hall–Kier alpha value is -3.37. The number of imidazole rings is 1. The first-order valence-electron chi connectivity index (χ1n) is 13.1. The fourth-order valence-electron chi connectivity index (χ4n) is 5.42. The van der Waals surface area contributed by atoms with Crippen LogP contribution in [0.15, 0.2) is 29.7 Å². The van der Waals surface area contributed by atoms with E-state index in [9.17, 15) is 33.9 Å². The van der Waals surface area contributed by atoms with Gasteiger partial charge in [0.2, 0.25) is 5.95 Å². The molecule has 3 aliphatic rings. The minimum atomic E-state index is -5.37. The second-order valence-corrected chi connectivity index (χ2v) is 13.0. The first kappa shape index (κ1) is 30.3. The lowest BCUT2D eigenvalue weighted by molar-refractivity contribution is -0.240. The SMILES string of the molecule is Nc1nc2c(ncn2[C@@H]2O[C@@H]3COP(=O)([O-])O[C@H]4[C@@H](O)[C@H](n5ccc6c(N)ncnc65)O[C@@H]4COP(=O)([O-])O[C@@H]2[C@@H]3O)c(=O)[nH]1. The monoisotopic (exact) mass is 671 g/mol. The number of fused-ring (bicyclic) bond motifs is 5. The summed E-state index contributed by atoms with van der Waals surface area (Å²) in [6.45, 7) is -1.80. The fourth-order valence-corrected chi connectivity index (χ4v) is 7.29. The van der Waals surface area contributed by atoms with E-state index in [1.807, 2.05) is 0 Å². The van der Waals surface area contributed by atoms with E-state index in [1.165, 1.54) is 23.2 Å². The number of aromatic amines is 1. The summed E-state index contributed by atoms with van der Waals surface area (Å²) in [7, 11) is -10.7. The zero-order valence-electron chi connectivity index (χ0n) is 22.5. The number of nitrogen functional groups attached to an aromatic ring is 2. The van der Waals surface area contributed by atoms with Gasteiger partial charge >= 0.3 is 0 Å². The molecule has 3 fully saturated rings. The number of nitrogens with one attached hydrogen (secondary N) is 1. The number of aromatic nitrogens is 7. The predicted molar refractivity (Wildman–Crippen MR) is 141 cm³/mol. The summed E-state index contributed by atoms with van der Waals surface area (Å²) in [6, 6.07) is 1.54. The number of aliphatic hydroxyl groups is 2. The van der Waals surface area contributed by atoms with Crippen molar-refractivity contribution in [1.82, 2.24) is 34.1 Å². The Morgan fingerprint density at radius 3 is 2.36 bits per heavy atom. The number of ether oxygens (including phenoxy) is 2. The van der Waals surface area contributed by atoms with Gasteiger partial charge in [0.15, 0.2) is 23.6 Å². The minimum absolute atomic E-state index is 0.127. The molecule has 10 atom stereocenters. The van der Waals surface area contributed by atoms with Crippen LogP contribution in [-0.2, 0) is 36.7 Å². The molecule has 4 aromatic heterocycles. The van der Waals surface area contributed by atoms with Gasteiger partial charge in [-0.25, -0.2) is 15.0 Å². The third-order valence-corrected chi connectivity index (χ3v) is 9.39.